The van der Waals surface area contributed by atoms with E-state index in [9.17, 15) is 18.0 Å². The van der Waals surface area contributed by atoms with Gasteiger partial charge in [-0.2, -0.15) is 0 Å². The summed E-state index contributed by atoms with van der Waals surface area (Å²) >= 11 is 0. The van der Waals surface area contributed by atoms with Crippen LogP contribution in [0.5, 0.6) is 0 Å². The lowest BCUT2D eigenvalue weighted by molar-refractivity contribution is 0.0690. The summed E-state index contributed by atoms with van der Waals surface area (Å²) in [5.41, 5.74) is -0.984. The summed E-state index contributed by atoms with van der Waals surface area (Å²) in [7, 11) is -3.93. The van der Waals surface area contributed by atoms with Crippen molar-refractivity contribution in [2.24, 2.45) is 0 Å². The zero-order valence-electron chi connectivity index (χ0n) is 7.54. The summed E-state index contributed by atoms with van der Waals surface area (Å²) < 4.78 is 21.7. The predicted octanol–water partition coefficient (Wildman–Crippen LogP) is -0.640. The Morgan fingerprint density at radius 1 is 1.27 bits per heavy atom. The first-order chi connectivity index (χ1) is 6.82. The van der Waals surface area contributed by atoms with E-state index < -0.39 is 32.3 Å². The highest BCUT2D eigenvalue weighted by atomic mass is 32.2. The fourth-order valence-electron chi connectivity index (χ4n) is 0.757. The highest BCUT2D eigenvalue weighted by Crippen LogP contribution is 2.02. The lowest BCUT2D eigenvalue weighted by Gasteiger charge is -1.97. The molecular weight excluding hydrogens is 224 g/mol. The summed E-state index contributed by atoms with van der Waals surface area (Å²) in [6.45, 7) is 0. The average molecular weight is 230 g/mol. The molecule has 0 aliphatic rings. The van der Waals surface area contributed by atoms with Crippen molar-refractivity contribution in [1.82, 2.24) is 9.97 Å². The van der Waals surface area contributed by atoms with Crippen molar-refractivity contribution in [3.63, 3.8) is 0 Å². The van der Waals surface area contributed by atoms with Gasteiger partial charge in [0.2, 0.25) is 9.84 Å². The van der Waals surface area contributed by atoms with E-state index in [1.807, 2.05) is 0 Å². The molecule has 0 radical (unpaired) electrons. The van der Waals surface area contributed by atoms with Crippen molar-refractivity contribution in [2.45, 2.75) is 0 Å². The Kier molecular flexibility index (Phi) is 2.80. The van der Waals surface area contributed by atoms with E-state index >= 15 is 0 Å². The first-order valence-corrected chi connectivity index (χ1v) is 5.51. The summed E-state index contributed by atoms with van der Waals surface area (Å²) in [5.74, 6) is -1.38. The second kappa shape index (κ2) is 3.73. The van der Waals surface area contributed by atoms with Crippen molar-refractivity contribution in [3.05, 3.63) is 23.8 Å². The summed E-state index contributed by atoms with van der Waals surface area (Å²) in [5, 5.41) is 7.28. The molecular formula is C7H6N2O5S. The van der Waals surface area contributed by atoms with E-state index in [4.69, 9.17) is 5.11 Å². The summed E-state index contributed by atoms with van der Waals surface area (Å²) in [4.78, 5) is 28.4. The highest BCUT2D eigenvalue weighted by molar-refractivity contribution is 8.06. The van der Waals surface area contributed by atoms with Gasteiger partial charge in [-0.1, -0.05) is 0 Å². The van der Waals surface area contributed by atoms with Crippen LogP contribution in [-0.2, 0) is 9.84 Å². The molecule has 0 fully saturated rings. The van der Waals surface area contributed by atoms with E-state index in [0.717, 1.165) is 12.4 Å². The molecule has 0 spiro atoms. The van der Waals surface area contributed by atoms with Crippen LogP contribution in [0, 0.1) is 0 Å². The van der Waals surface area contributed by atoms with Crippen molar-refractivity contribution >= 4 is 20.9 Å². The maximum absolute atomic E-state index is 11.2. The van der Waals surface area contributed by atoms with E-state index in [-0.39, 0.29) is 0 Å². The lowest BCUT2D eigenvalue weighted by atomic mass is 10.4. The molecule has 0 saturated carbocycles. The Bertz CT molecular complexity index is 522. The molecule has 7 nitrogen and oxygen atoms in total. The third kappa shape index (κ3) is 2.56. The topological polar surface area (TPSA) is 114 Å². The van der Waals surface area contributed by atoms with E-state index in [1.165, 1.54) is 0 Å². The van der Waals surface area contributed by atoms with E-state index in [2.05, 4.69) is 9.97 Å². The van der Waals surface area contributed by atoms with Crippen molar-refractivity contribution in [3.8, 4) is 0 Å². The van der Waals surface area contributed by atoms with Gasteiger partial charge < -0.3 is 5.11 Å². The molecule has 0 amide bonds. The minimum Gasteiger partial charge on any atom is -0.476 e. The normalized spacial score (nSPS) is 11.0. The van der Waals surface area contributed by atoms with Gasteiger partial charge in [0.25, 0.3) is 5.12 Å². The van der Waals surface area contributed by atoms with E-state index in [1.54, 1.807) is 0 Å². The summed E-state index contributed by atoms with van der Waals surface area (Å²) in [6.07, 6.45) is 2.53. The van der Waals surface area contributed by atoms with Gasteiger partial charge in [0.05, 0.1) is 12.4 Å². The van der Waals surface area contributed by atoms with Crippen LogP contribution in [-0.4, -0.2) is 40.8 Å². The Morgan fingerprint density at radius 2 is 1.80 bits per heavy atom. The fourth-order valence-corrected chi connectivity index (χ4v) is 1.24. The number of sulfone groups is 1. The van der Waals surface area contributed by atoms with Crippen LogP contribution in [0.1, 0.15) is 21.0 Å². The maximum Gasteiger partial charge on any atom is 0.356 e. The van der Waals surface area contributed by atoms with Crippen LogP contribution < -0.4 is 0 Å². The molecule has 0 aliphatic carbocycles. The second-order valence-electron chi connectivity index (χ2n) is 2.65. The second-order valence-corrected chi connectivity index (χ2v) is 4.57. The van der Waals surface area contributed by atoms with Crippen LogP contribution in [0.3, 0.4) is 0 Å². The Labute approximate surface area is 84.7 Å². The first-order valence-electron chi connectivity index (χ1n) is 3.62. The Balaban J connectivity index is 3.23. The average Bonchev–Trinajstić information content (AvgIpc) is 2.15. The monoisotopic (exact) mass is 230 g/mol. The molecule has 1 N–H and O–H groups in total. The first kappa shape index (κ1) is 11.2. The van der Waals surface area contributed by atoms with Crippen molar-refractivity contribution < 1.29 is 23.1 Å². The van der Waals surface area contributed by atoms with Gasteiger partial charge in [-0.15, -0.1) is 0 Å². The Hall–Kier alpha value is -1.83. The van der Waals surface area contributed by atoms with Gasteiger partial charge >= 0.3 is 5.97 Å². The predicted molar refractivity (Wildman–Crippen MR) is 48.2 cm³/mol. The molecule has 0 bridgehead atoms. The van der Waals surface area contributed by atoms with Gasteiger partial charge in [-0.3, -0.25) is 9.78 Å². The van der Waals surface area contributed by atoms with Gasteiger partial charge in [0.15, 0.2) is 5.69 Å². The number of nitrogens with zero attached hydrogens (tertiary/aromatic N) is 2. The van der Waals surface area contributed by atoms with Crippen LogP contribution >= 0.6 is 0 Å². The van der Waals surface area contributed by atoms with E-state index in [0.29, 0.717) is 6.26 Å². The maximum atomic E-state index is 11.2. The number of rotatable bonds is 2. The molecule has 0 saturated heterocycles. The molecule has 0 aromatic carbocycles. The minimum absolute atomic E-state index is 0.482. The molecule has 0 atom stereocenters. The molecule has 0 aliphatic heterocycles. The molecule has 15 heavy (non-hydrogen) atoms. The SMILES string of the molecule is CS(=O)(=O)C(=O)c1cncc(C(=O)O)n1. The smallest absolute Gasteiger partial charge is 0.356 e. The number of carboxylic acid groups (broad SMARTS) is 1. The number of hydrogen-bond donors (Lipinski definition) is 1. The van der Waals surface area contributed by atoms with Gasteiger partial charge in [0.1, 0.15) is 5.69 Å². The molecule has 1 heterocycles. The standard InChI is InChI=1S/C7H6N2O5S/c1-15(13,14)7(12)5-3-8-2-4(9-5)6(10)11/h2-3H,1H3,(H,10,11). The fraction of sp³-hybridized carbons (Fsp3) is 0.143. The van der Waals surface area contributed by atoms with Crippen LogP contribution in [0.25, 0.3) is 0 Å². The Morgan fingerprint density at radius 3 is 2.27 bits per heavy atom. The number of aromatic carboxylic acids is 1. The lowest BCUT2D eigenvalue weighted by Crippen LogP contribution is -2.16. The molecule has 8 heteroatoms. The quantitative estimate of drug-likeness (QED) is 0.718. The number of aromatic nitrogens is 2. The van der Waals surface area contributed by atoms with Gasteiger partial charge in [-0.25, -0.2) is 18.2 Å². The minimum atomic E-state index is -3.93. The third-order valence-corrected chi connectivity index (χ3v) is 2.28. The van der Waals surface area contributed by atoms with Crippen molar-refractivity contribution in [2.75, 3.05) is 6.26 Å². The summed E-state index contributed by atoms with van der Waals surface area (Å²) in [6, 6.07) is 0. The van der Waals surface area contributed by atoms with Gasteiger partial charge in [0, 0.05) is 6.26 Å². The zero-order valence-corrected chi connectivity index (χ0v) is 8.35. The van der Waals surface area contributed by atoms with Crippen molar-refractivity contribution in [1.29, 1.82) is 0 Å². The van der Waals surface area contributed by atoms with Crippen LogP contribution in [0.2, 0.25) is 0 Å². The van der Waals surface area contributed by atoms with Crippen LogP contribution in [0.4, 0.5) is 0 Å². The number of carbonyl (C=O) groups excluding carboxylic acids is 1. The largest absolute Gasteiger partial charge is 0.476 e. The van der Waals surface area contributed by atoms with Crippen LogP contribution in [0.15, 0.2) is 12.4 Å². The number of carbonyl (C=O) groups is 2. The number of carboxylic acids is 1. The third-order valence-electron chi connectivity index (χ3n) is 1.40. The zero-order chi connectivity index (χ0) is 11.6. The molecule has 1 aromatic rings. The molecule has 1 aromatic heterocycles. The number of hydrogen-bond acceptors (Lipinski definition) is 6. The molecule has 0 unspecified atom stereocenters. The molecule has 80 valence electrons. The van der Waals surface area contributed by atoms with Gasteiger partial charge in [-0.05, 0) is 0 Å². The highest BCUT2D eigenvalue weighted by Gasteiger charge is 2.21. The molecule has 1 rings (SSSR count).